The number of carboxylic acids is 1. The summed E-state index contributed by atoms with van der Waals surface area (Å²) < 4.78 is 34.5. The summed E-state index contributed by atoms with van der Waals surface area (Å²) >= 11 is 0.488. The van der Waals surface area contributed by atoms with Crippen molar-refractivity contribution in [3.63, 3.8) is 0 Å². The second kappa shape index (κ2) is 4.56. The first-order valence-electron chi connectivity index (χ1n) is 3.01. The average Bonchev–Trinajstić information content (AvgIpc) is 1.84. The van der Waals surface area contributed by atoms with Crippen LogP contribution >= 0.6 is 11.8 Å². The van der Waals surface area contributed by atoms with Crippen LogP contribution in [0.25, 0.3) is 0 Å². The lowest BCUT2D eigenvalue weighted by Crippen LogP contribution is -2.69. The van der Waals surface area contributed by atoms with Crippen LogP contribution in [0.4, 0.5) is 13.2 Å². The minimum Gasteiger partial charge on any atom is -0.544 e. The van der Waals surface area contributed by atoms with Crippen LogP contribution in [0.15, 0.2) is 0 Å². The number of thioether (sulfide) groups is 1. The van der Waals surface area contributed by atoms with Gasteiger partial charge in [0.2, 0.25) is 0 Å². The molecule has 0 aromatic heterocycles. The third-order valence-corrected chi connectivity index (χ3v) is 2.09. The Morgan fingerprint density at radius 3 is 2.42 bits per heavy atom. The summed E-state index contributed by atoms with van der Waals surface area (Å²) in [4.78, 5) is 9.99. The first-order chi connectivity index (χ1) is 5.33. The van der Waals surface area contributed by atoms with Gasteiger partial charge in [0.05, 0.1) is 17.5 Å². The zero-order valence-corrected chi connectivity index (χ0v) is 6.87. The fraction of sp³-hybridized carbons (Fsp3) is 0.800. The molecule has 12 heavy (non-hydrogen) atoms. The van der Waals surface area contributed by atoms with Crippen LogP contribution < -0.4 is 10.8 Å². The van der Waals surface area contributed by atoms with E-state index in [-0.39, 0.29) is 5.75 Å². The summed E-state index contributed by atoms with van der Waals surface area (Å²) in [6, 6.07) is -1.09. The van der Waals surface area contributed by atoms with E-state index < -0.39 is 23.9 Å². The Morgan fingerprint density at radius 2 is 2.08 bits per heavy atom. The fourth-order valence-corrected chi connectivity index (χ4v) is 1.15. The molecule has 0 aliphatic heterocycles. The van der Waals surface area contributed by atoms with Crippen molar-refractivity contribution in [1.29, 1.82) is 0 Å². The molecule has 0 bridgehead atoms. The number of quaternary nitrogens is 1. The van der Waals surface area contributed by atoms with Crippen LogP contribution in [-0.4, -0.2) is 29.7 Å². The van der Waals surface area contributed by atoms with E-state index in [1.165, 1.54) is 0 Å². The number of carbonyl (C=O) groups excluding carboxylic acids is 1. The Kier molecular flexibility index (Phi) is 4.40. The molecule has 0 radical (unpaired) electrons. The van der Waals surface area contributed by atoms with Crippen LogP contribution in [-0.2, 0) is 4.79 Å². The van der Waals surface area contributed by atoms with Crippen molar-refractivity contribution < 1.29 is 28.8 Å². The highest BCUT2D eigenvalue weighted by Crippen LogP contribution is 2.20. The van der Waals surface area contributed by atoms with E-state index in [9.17, 15) is 23.1 Å². The number of alkyl halides is 3. The molecule has 0 amide bonds. The third-order valence-electron chi connectivity index (χ3n) is 0.918. The Bertz CT molecular complexity index is 161. The van der Waals surface area contributed by atoms with Crippen molar-refractivity contribution >= 4 is 17.7 Å². The molecular weight excluding hydrogens is 195 g/mol. The summed E-state index contributed by atoms with van der Waals surface area (Å²) in [5.41, 5.74) is 3.11. The van der Waals surface area contributed by atoms with Gasteiger partial charge >= 0.3 is 6.18 Å². The molecule has 0 aliphatic carbocycles. The maximum Gasteiger partial charge on any atom is 0.397 e. The van der Waals surface area contributed by atoms with E-state index in [0.717, 1.165) is 0 Å². The standard InChI is InChI=1S/C5H8F3NO2S/c6-5(7,8)2-12-1-3(9)4(10)11/h3H,1-2,9H2,(H,10,11)/t3-/m0/s1. The number of hydrogen-bond acceptors (Lipinski definition) is 3. The molecular formula is C5H8F3NO2S. The number of halogens is 3. The van der Waals surface area contributed by atoms with Gasteiger partial charge in [-0.15, -0.1) is 11.8 Å². The highest BCUT2D eigenvalue weighted by atomic mass is 32.2. The summed E-state index contributed by atoms with van der Waals surface area (Å²) in [7, 11) is 0. The monoisotopic (exact) mass is 203 g/mol. The predicted molar refractivity (Wildman–Crippen MR) is 35.1 cm³/mol. The lowest BCUT2D eigenvalue weighted by Gasteiger charge is -2.09. The summed E-state index contributed by atoms with van der Waals surface area (Å²) in [6.07, 6.45) is -4.25. The molecule has 0 saturated carbocycles. The van der Waals surface area contributed by atoms with Gasteiger partial charge in [-0.2, -0.15) is 13.2 Å². The molecule has 0 fully saturated rings. The van der Waals surface area contributed by atoms with Gasteiger partial charge in [0.1, 0.15) is 6.04 Å². The van der Waals surface area contributed by atoms with Crippen LogP contribution in [0.5, 0.6) is 0 Å². The van der Waals surface area contributed by atoms with Gasteiger partial charge in [-0.1, -0.05) is 0 Å². The van der Waals surface area contributed by atoms with E-state index in [0.29, 0.717) is 11.8 Å². The lowest BCUT2D eigenvalue weighted by atomic mass is 10.4. The number of carbonyl (C=O) groups is 1. The van der Waals surface area contributed by atoms with Gasteiger partial charge in [0.15, 0.2) is 0 Å². The van der Waals surface area contributed by atoms with Crippen LogP contribution in [0, 0.1) is 0 Å². The van der Waals surface area contributed by atoms with Gasteiger partial charge in [0.25, 0.3) is 0 Å². The highest BCUT2D eigenvalue weighted by molar-refractivity contribution is 7.99. The Labute approximate surface area is 71.1 Å². The van der Waals surface area contributed by atoms with Crippen molar-refractivity contribution in [2.24, 2.45) is 0 Å². The highest BCUT2D eigenvalue weighted by Gasteiger charge is 2.27. The summed E-state index contributed by atoms with van der Waals surface area (Å²) in [5, 5.41) is 9.99. The normalized spacial score (nSPS) is 14.3. The SMILES string of the molecule is [NH3+][C@@H](CSCC(F)(F)F)C(=O)[O-]. The second-order valence-corrected chi connectivity index (χ2v) is 3.18. The molecule has 0 saturated heterocycles. The van der Waals surface area contributed by atoms with E-state index in [1.54, 1.807) is 0 Å². The van der Waals surface area contributed by atoms with Crippen molar-refractivity contribution in [1.82, 2.24) is 0 Å². The van der Waals surface area contributed by atoms with Crippen molar-refractivity contribution in [3.8, 4) is 0 Å². The summed E-state index contributed by atoms with van der Waals surface area (Å²) in [5.74, 6) is -2.65. The molecule has 0 aliphatic rings. The van der Waals surface area contributed by atoms with E-state index in [2.05, 4.69) is 5.73 Å². The molecule has 7 heteroatoms. The molecule has 1 atom stereocenters. The number of carboxylic acid groups (broad SMARTS) is 1. The lowest BCUT2D eigenvalue weighted by molar-refractivity contribution is -0.431. The quantitative estimate of drug-likeness (QED) is 0.613. The molecule has 3 N–H and O–H groups in total. The van der Waals surface area contributed by atoms with Crippen LogP contribution in [0.1, 0.15) is 0 Å². The molecule has 0 heterocycles. The molecule has 0 rings (SSSR count). The van der Waals surface area contributed by atoms with Gasteiger partial charge in [-0.3, -0.25) is 0 Å². The first-order valence-corrected chi connectivity index (χ1v) is 4.17. The third kappa shape index (κ3) is 6.29. The molecule has 0 aromatic carbocycles. The fourth-order valence-electron chi connectivity index (χ4n) is 0.385. The minimum atomic E-state index is -4.25. The summed E-state index contributed by atoms with van der Waals surface area (Å²) in [6.45, 7) is 0. The van der Waals surface area contributed by atoms with E-state index in [4.69, 9.17) is 0 Å². The average molecular weight is 203 g/mol. The minimum absolute atomic E-state index is 0.179. The molecule has 0 spiro atoms. The van der Waals surface area contributed by atoms with E-state index >= 15 is 0 Å². The number of aliphatic carboxylic acids is 1. The maximum absolute atomic E-state index is 11.5. The van der Waals surface area contributed by atoms with Crippen molar-refractivity contribution in [2.45, 2.75) is 12.2 Å². The van der Waals surface area contributed by atoms with Gasteiger partial charge in [-0.05, 0) is 0 Å². The van der Waals surface area contributed by atoms with Crippen LogP contribution in [0.2, 0.25) is 0 Å². The zero-order valence-electron chi connectivity index (χ0n) is 6.06. The topological polar surface area (TPSA) is 67.8 Å². The van der Waals surface area contributed by atoms with Gasteiger partial charge in [0, 0.05) is 0 Å². The second-order valence-electron chi connectivity index (χ2n) is 2.15. The Morgan fingerprint density at radius 1 is 1.58 bits per heavy atom. The molecule has 3 nitrogen and oxygen atoms in total. The maximum atomic E-state index is 11.5. The van der Waals surface area contributed by atoms with Crippen molar-refractivity contribution in [2.75, 3.05) is 11.5 Å². The molecule has 72 valence electrons. The number of rotatable bonds is 4. The Balaban J connectivity index is 3.51. The predicted octanol–water partition coefficient (Wildman–Crippen LogP) is -1.36. The van der Waals surface area contributed by atoms with Crippen molar-refractivity contribution in [3.05, 3.63) is 0 Å². The molecule has 0 aromatic rings. The first kappa shape index (κ1) is 11.6. The number of hydrogen-bond donors (Lipinski definition) is 1. The van der Waals surface area contributed by atoms with E-state index in [1.807, 2.05) is 0 Å². The zero-order chi connectivity index (χ0) is 9.78. The van der Waals surface area contributed by atoms with Gasteiger partial charge in [-0.25, -0.2) is 0 Å². The Hall–Kier alpha value is -0.430. The van der Waals surface area contributed by atoms with Gasteiger partial charge < -0.3 is 15.6 Å². The molecule has 0 unspecified atom stereocenters. The van der Waals surface area contributed by atoms with Crippen LogP contribution in [0.3, 0.4) is 0 Å². The largest absolute Gasteiger partial charge is 0.544 e. The smallest absolute Gasteiger partial charge is 0.397 e.